The Morgan fingerprint density at radius 2 is 1.74 bits per heavy atom. The van der Waals surface area contributed by atoms with Crippen LogP contribution >= 0.6 is 0 Å². The maximum Gasteiger partial charge on any atom is 0.255 e. The average molecular weight is 356 g/mol. The summed E-state index contributed by atoms with van der Waals surface area (Å²) >= 11 is 0. The third-order valence-corrected chi connectivity index (χ3v) is 4.48. The van der Waals surface area contributed by atoms with Gasteiger partial charge in [0, 0.05) is 16.5 Å². The zero-order chi connectivity index (χ0) is 18.4. The molecule has 2 aromatic heterocycles. The van der Waals surface area contributed by atoms with Gasteiger partial charge in [0.15, 0.2) is 5.65 Å². The second-order valence-corrected chi connectivity index (χ2v) is 6.23. The van der Waals surface area contributed by atoms with Gasteiger partial charge in [0.25, 0.3) is 5.91 Å². The van der Waals surface area contributed by atoms with Gasteiger partial charge >= 0.3 is 0 Å². The van der Waals surface area contributed by atoms with Crippen LogP contribution in [0, 0.1) is 5.82 Å². The lowest BCUT2D eigenvalue weighted by atomic mass is 10.1. The molecule has 0 aliphatic heterocycles. The van der Waals surface area contributed by atoms with Crippen LogP contribution in [0.2, 0.25) is 0 Å². The molecule has 3 aromatic carbocycles. The molecule has 0 unspecified atom stereocenters. The lowest BCUT2D eigenvalue weighted by molar-refractivity contribution is 0.102. The van der Waals surface area contributed by atoms with Gasteiger partial charge in [-0.3, -0.25) is 4.79 Å². The summed E-state index contributed by atoms with van der Waals surface area (Å²) in [6.45, 7) is 0. The number of carbonyl (C=O) groups excluding carboxylic acids is 1. The number of amides is 1. The Balaban J connectivity index is 1.59. The first-order chi connectivity index (χ1) is 13.2. The van der Waals surface area contributed by atoms with Gasteiger partial charge < -0.3 is 10.3 Å². The van der Waals surface area contributed by atoms with Crippen molar-refractivity contribution in [3.63, 3.8) is 0 Å². The number of para-hydroxylation sites is 2. The first kappa shape index (κ1) is 15.5. The summed E-state index contributed by atoms with van der Waals surface area (Å²) in [6.07, 6.45) is 0. The highest BCUT2D eigenvalue weighted by Crippen LogP contribution is 2.25. The van der Waals surface area contributed by atoms with E-state index in [1.807, 2.05) is 24.3 Å². The van der Waals surface area contributed by atoms with Crippen molar-refractivity contribution in [3.8, 4) is 0 Å². The molecule has 130 valence electrons. The summed E-state index contributed by atoms with van der Waals surface area (Å²) in [5, 5.41) is 3.56. The molecule has 27 heavy (non-hydrogen) atoms. The van der Waals surface area contributed by atoms with Gasteiger partial charge in [0.05, 0.1) is 16.7 Å². The topological polar surface area (TPSA) is 70.7 Å². The molecule has 0 spiro atoms. The van der Waals surface area contributed by atoms with Crippen LogP contribution < -0.4 is 5.32 Å². The van der Waals surface area contributed by atoms with Crippen LogP contribution in [0.25, 0.3) is 33.1 Å². The Morgan fingerprint density at radius 3 is 2.63 bits per heavy atom. The van der Waals surface area contributed by atoms with Crippen LogP contribution in [-0.2, 0) is 0 Å². The number of hydrogen-bond donors (Lipinski definition) is 2. The molecule has 0 aliphatic rings. The fourth-order valence-corrected chi connectivity index (χ4v) is 3.15. The third-order valence-electron chi connectivity index (χ3n) is 4.48. The fourth-order valence-electron chi connectivity index (χ4n) is 3.15. The normalized spacial score (nSPS) is 11.3. The molecule has 0 saturated carbocycles. The molecule has 5 aromatic rings. The van der Waals surface area contributed by atoms with Gasteiger partial charge in [0.2, 0.25) is 0 Å². The summed E-state index contributed by atoms with van der Waals surface area (Å²) in [6, 6.07) is 19.0. The van der Waals surface area contributed by atoms with Gasteiger partial charge in [-0.1, -0.05) is 30.3 Å². The molecule has 0 atom stereocenters. The number of carbonyl (C=O) groups is 1. The summed E-state index contributed by atoms with van der Waals surface area (Å²) in [7, 11) is 0. The Hall–Kier alpha value is -3.80. The number of hydrogen-bond acceptors (Lipinski definition) is 3. The molecule has 1 amide bonds. The van der Waals surface area contributed by atoms with Crippen molar-refractivity contribution >= 4 is 44.7 Å². The quantitative estimate of drug-likeness (QED) is 0.483. The monoisotopic (exact) mass is 356 g/mol. The van der Waals surface area contributed by atoms with Gasteiger partial charge in [-0.2, -0.15) is 0 Å². The Kier molecular flexibility index (Phi) is 3.36. The standard InChI is InChI=1S/C21H13FN4O/c22-14-6-2-4-8-16(14)26-21(27)12-9-10-17-18(11-12)23-19-13-5-1-3-7-15(13)24-20(19)25-17/h1-11H,(H,24,25)(H,26,27). The number of nitrogens with one attached hydrogen (secondary N) is 2. The van der Waals surface area contributed by atoms with E-state index in [9.17, 15) is 9.18 Å². The molecule has 0 saturated heterocycles. The van der Waals surface area contributed by atoms with E-state index in [2.05, 4.69) is 20.3 Å². The largest absolute Gasteiger partial charge is 0.338 e. The number of aromatic nitrogens is 3. The van der Waals surface area contributed by atoms with Crippen LogP contribution in [0.15, 0.2) is 66.7 Å². The smallest absolute Gasteiger partial charge is 0.255 e. The first-order valence-corrected chi connectivity index (χ1v) is 8.43. The van der Waals surface area contributed by atoms with Crippen molar-refractivity contribution in [3.05, 3.63) is 78.1 Å². The van der Waals surface area contributed by atoms with Crippen molar-refractivity contribution in [1.29, 1.82) is 0 Å². The van der Waals surface area contributed by atoms with E-state index in [4.69, 9.17) is 0 Å². The van der Waals surface area contributed by atoms with Crippen molar-refractivity contribution in [2.45, 2.75) is 0 Å². The molecule has 5 rings (SSSR count). The molecule has 0 aliphatic carbocycles. The summed E-state index contributed by atoms with van der Waals surface area (Å²) < 4.78 is 13.8. The Morgan fingerprint density at radius 1 is 0.926 bits per heavy atom. The SMILES string of the molecule is O=C(Nc1ccccc1F)c1ccc2nc3[nH]c4ccccc4c3nc2c1. The summed E-state index contributed by atoms with van der Waals surface area (Å²) in [5.74, 6) is -0.880. The molecular formula is C21H13FN4O. The van der Waals surface area contributed by atoms with Crippen molar-refractivity contribution in [2.24, 2.45) is 0 Å². The van der Waals surface area contributed by atoms with E-state index in [1.54, 1.807) is 30.3 Å². The number of H-pyrrole nitrogens is 1. The van der Waals surface area contributed by atoms with Crippen molar-refractivity contribution in [2.75, 3.05) is 5.32 Å². The predicted octanol–water partition coefficient (Wildman–Crippen LogP) is 4.66. The minimum absolute atomic E-state index is 0.140. The van der Waals surface area contributed by atoms with Crippen LogP contribution in [0.1, 0.15) is 10.4 Å². The summed E-state index contributed by atoms with van der Waals surface area (Å²) in [4.78, 5) is 25.0. The lowest BCUT2D eigenvalue weighted by Crippen LogP contribution is -2.13. The van der Waals surface area contributed by atoms with E-state index >= 15 is 0 Å². The molecule has 2 heterocycles. The highest BCUT2D eigenvalue weighted by molar-refractivity contribution is 6.08. The fraction of sp³-hybridized carbons (Fsp3) is 0. The maximum atomic E-state index is 13.8. The second-order valence-electron chi connectivity index (χ2n) is 6.23. The Labute approximate surface area is 152 Å². The average Bonchev–Trinajstić information content (AvgIpc) is 3.05. The molecule has 0 fully saturated rings. The molecular weight excluding hydrogens is 343 g/mol. The highest BCUT2D eigenvalue weighted by Gasteiger charge is 2.12. The first-order valence-electron chi connectivity index (χ1n) is 8.43. The zero-order valence-electron chi connectivity index (χ0n) is 14.0. The molecule has 6 heteroatoms. The number of nitrogens with zero attached hydrogens (tertiary/aromatic N) is 2. The third kappa shape index (κ3) is 2.58. The summed E-state index contributed by atoms with van der Waals surface area (Å²) in [5.41, 5.74) is 4.22. The zero-order valence-corrected chi connectivity index (χ0v) is 14.0. The van der Waals surface area contributed by atoms with Crippen molar-refractivity contribution in [1.82, 2.24) is 15.0 Å². The minimum Gasteiger partial charge on any atom is -0.338 e. The van der Waals surface area contributed by atoms with Crippen LogP contribution in [-0.4, -0.2) is 20.9 Å². The number of aromatic amines is 1. The lowest BCUT2D eigenvalue weighted by Gasteiger charge is -2.07. The van der Waals surface area contributed by atoms with Crippen molar-refractivity contribution < 1.29 is 9.18 Å². The molecule has 2 N–H and O–H groups in total. The highest BCUT2D eigenvalue weighted by atomic mass is 19.1. The van der Waals surface area contributed by atoms with Crippen LogP contribution in [0.4, 0.5) is 10.1 Å². The van der Waals surface area contributed by atoms with E-state index in [1.165, 1.54) is 12.1 Å². The maximum absolute atomic E-state index is 13.8. The van der Waals surface area contributed by atoms with E-state index < -0.39 is 11.7 Å². The minimum atomic E-state index is -0.480. The van der Waals surface area contributed by atoms with Gasteiger partial charge in [-0.25, -0.2) is 14.4 Å². The molecule has 0 bridgehead atoms. The van der Waals surface area contributed by atoms with Crippen LogP contribution in [0.5, 0.6) is 0 Å². The predicted molar refractivity (Wildman–Crippen MR) is 103 cm³/mol. The second kappa shape index (κ2) is 5.88. The van der Waals surface area contributed by atoms with Gasteiger partial charge in [-0.05, 0) is 36.4 Å². The number of benzene rings is 3. The van der Waals surface area contributed by atoms with E-state index in [0.717, 1.165) is 16.4 Å². The molecule has 5 nitrogen and oxygen atoms in total. The van der Waals surface area contributed by atoms with Gasteiger partial charge in [0.1, 0.15) is 11.3 Å². The number of rotatable bonds is 2. The number of anilines is 1. The van der Waals surface area contributed by atoms with E-state index in [0.29, 0.717) is 22.2 Å². The number of halogens is 1. The van der Waals surface area contributed by atoms with Gasteiger partial charge in [-0.15, -0.1) is 0 Å². The molecule has 0 radical (unpaired) electrons. The number of fused-ring (bicyclic) bond motifs is 4. The Bertz CT molecular complexity index is 1340. The van der Waals surface area contributed by atoms with E-state index in [-0.39, 0.29) is 5.69 Å². The van der Waals surface area contributed by atoms with Crippen LogP contribution in [0.3, 0.4) is 0 Å².